The molecule has 0 aliphatic rings. The highest BCUT2D eigenvalue weighted by atomic mass is 35.5. The summed E-state index contributed by atoms with van der Waals surface area (Å²) in [5.74, 6) is 0. The predicted octanol–water partition coefficient (Wildman–Crippen LogP) is 15.0. The topological polar surface area (TPSA) is 15.3 Å². The summed E-state index contributed by atoms with van der Waals surface area (Å²) in [6, 6.07) is 63.2. The Morgan fingerprint density at radius 2 is 1.19 bits per heavy atom. The molecule has 0 bridgehead atoms. The lowest BCUT2D eigenvalue weighted by atomic mass is 10.0. The molecule has 0 atom stereocenters. The molecule has 0 radical (unpaired) electrons. The second-order valence-electron chi connectivity index (χ2n) is 12.4. The van der Waals surface area contributed by atoms with E-state index in [1.54, 1.807) is 11.8 Å². The first-order valence-electron chi connectivity index (χ1n) is 17.5. The lowest BCUT2D eigenvalue weighted by molar-refractivity contribution is 1.22. The van der Waals surface area contributed by atoms with Gasteiger partial charge in [-0.25, -0.2) is 0 Å². The third kappa shape index (κ3) is 8.08. The van der Waals surface area contributed by atoms with Crippen LogP contribution in [-0.2, 0) is 0 Å². The second kappa shape index (κ2) is 16.5. The van der Waals surface area contributed by atoms with E-state index in [9.17, 15) is 0 Å². The molecule has 1 N–H and O–H groups in total. The van der Waals surface area contributed by atoms with Crippen LogP contribution in [0.2, 0.25) is 5.02 Å². The average Bonchev–Trinajstić information content (AvgIpc) is 3.19. The van der Waals surface area contributed by atoms with Gasteiger partial charge in [0.1, 0.15) is 0 Å². The normalized spacial score (nSPS) is 11.2. The number of anilines is 5. The number of nitrogens with zero attached hydrogens (tertiary/aromatic N) is 1. The molecule has 0 spiro atoms. The fourth-order valence-corrected chi connectivity index (χ4v) is 7.62. The minimum Gasteiger partial charge on any atom is -0.355 e. The molecule has 7 aromatic rings. The molecule has 254 valence electrons. The maximum absolute atomic E-state index is 6.98. The van der Waals surface area contributed by atoms with Gasteiger partial charge in [-0.05, 0) is 101 Å². The Kier molecular flexibility index (Phi) is 11.0. The van der Waals surface area contributed by atoms with Crippen LogP contribution in [0.1, 0.15) is 18.9 Å². The van der Waals surface area contributed by atoms with Gasteiger partial charge in [0.15, 0.2) is 0 Å². The van der Waals surface area contributed by atoms with Gasteiger partial charge in [0.25, 0.3) is 0 Å². The molecule has 4 heteroatoms. The van der Waals surface area contributed by atoms with E-state index in [4.69, 9.17) is 11.6 Å². The standard InChI is InChI=1S/C48H39ClN2S/c1-3-17-44(35(2)52-48-27-16-14-25-46(48)45-24-13-15-26-47(45)50-40-20-9-5-10-21-40)38-32-39(49)34-43(33-38)51(41-22-11-6-12-23-41)42-30-28-37(29-31-42)36-18-7-4-8-19-36/h4-34,50H,2-3H2,1H3/b44-17+. The quantitative estimate of drug-likeness (QED) is 0.100. The van der Waals surface area contributed by atoms with Crippen molar-refractivity contribution in [3.63, 3.8) is 0 Å². The van der Waals surface area contributed by atoms with E-state index in [0.717, 1.165) is 66.9 Å². The molecular formula is C48H39ClN2S. The Labute approximate surface area is 316 Å². The molecule has 0 aliphatic heterocycles. The van der Waals surface area contributed by atoms with Crippen LogP contribution in [0, 0.1) is 0 Å². The van der Waals surface area contributed by atoms with Gasteiger partial charge in [-0.15, -0.1) is 0 Å². The molecule has 52 heavy (non-hydrogen) atoms. The van der Waals surface area contributed by atoms with Crippen molar-refractivity contribution in [3.05, 3.63) is 210 Å². The van der Waals surface area contributed by atoms with E-state index in [-0.39, 0.29) is 0 Å². The third-order valence-electron chi connectivity index (χ3n) is 8.80. The number of benzene rings is 7. The third-order valence-corrected chi connectivity index (χ3v) is 10.1. The monoisotopic (exact) mass is 710 g/mol. The average molecular weight is 711 g/mol. The van der Waals surface area contributed by atoms with E-state index < -0.39 is 0 Å². The first-order chi connectivity index (χ1) is 25.6. The van der Waals surface area contributed by atoms with E-state index in [1.165, 1.54) is 11.1 Å². The fraction of sp³-hybridized carbons (Fsp3) is 0.0417. The maximum Gasteiger partial charge on any atom is 0.0482 e. The Morgan fingerprint density at radius 3 is 1.90 bits per heavy atom. The van der Waals surface area contributed by atoms with Crippen LogP contribution >= 0.6 is 23.4 Å². The summed E-state index contributed by atoms with van der Waals surface area (Å²) >= 11 is 8.66. The largest absolute Gasteiger partial charge is 0.355 e. The summed E-state index contributed by atoms with van der Waals surface area (Å²) in [6.07, 6.45) is 3.10. The van der Waals surface area contributed by atoms with Crippen LogP contribution in [-0.4, -0.2) is 0 Å². The summed E-state index contributed by atoms with van der Waals surface area (Å²) in [6.45, 7) is 6.81. The Hall–Kier alpha value is -5.74. The van der Waals surface area contributed by atoms with Gasteiger partial charge in [0.05, 0.1) is 0 Å². The first-order valence-corrected chi connectivity index (χ1v) is 18.7. The summed E-state index contributed by atoms with van der Waals surface area (Å²) in [4.78, 5) is 4.34. The molecule has 0 saturated heterocycles. The Morgan fingerprint density at radius 1 is 0.615 bits per heavy atom. The van der Waals surface area contributed by atoms with E-state index in [2.05, 4.69) is 169 Å². The summed E-state index contributed by atoms with van der Waals surface area (Å²) in [5.41, 5.74) is 11.9. The van der Waals surface area contributed by atoms with Crippen LogP contribution in [0.3, 0.4) is 0 Å². The molecular weight excluding hydrogens is 672 g/mol. The summed E-state index contributed by atoms with van der Waals surface area (Å²) in [7, 11) is 0. The molecule has 0 amide bonds. The van der Waals surface area contributed by atoms with Crippen molar-refractivity contribution in [1.29, 1.82) is 0 Å². The van der Waals surface area contributed by atoms with Crippen molar-refractivity contribution < 1.29 is 0 Å². The maximum atomic E-state index is 6.98. The molecule has 0 heterocycles. The zero-order chi connectivity index (χ0) is 35.7. The van der Waals surface area contributed by atoms with Crippen LogP contribution in [0.15, 0.2) is 204 Å². The number of para-hydroxylation sites is 3. The molecule has 0 aromatic heterocycles. The number of hydrogen-bond donors (Lipinski definition) is 1. The van der Waals surface area contributed by atoms with E-state index in [1.807, 2.05) is 42.5 Å². The molecule has 0 saturated carbocycles. The number of allylic oxidation sites excluding steroid dienone is 2. The molecule has 0 fully saturated rings. The highest BCUT2D eigenvalue weighted by Gasteiger charge is 2.18. The minimum atomic E-state index is 0.662. The van der Waals surface area contributed by atoms with Crippen LogP contribution in [0.4, 0.5) is 28.4 Å². The molecule has 0 unspecified atom stereocenters. The van der Waals surface area contributed by atoms with Crippen molar-refractivity contribution >= 4 is 57.4 Å². The highest BCUT2D eigenvalue weighted by molar-refractivity contribution is 8.03. The van der Waals surface area contributed by atoms with Gasteiger partial charge >= 0.3 is 0 Å². The minimum absolute atomic E-state index is 0.662. The Bertz CT molecular complexity index is 2300. The van der Waals surface area contributed by atoms with Gasteiger partial charge in [-0.1, -0.05) is 158 Å². The van der Waals surface area contributed by atoms with Crippen LogP contribution in [0.25, 0.3) is 27.8 Å². The summed E-state index contributed by atoms with van der Waals surface area (Å²) in [5, 5.41) is 4.28. The number of halogens is 1. The molecule has 2 nitrogen and oxygen atoms in total. The SMILES string of the molecule is C=C(Sc1ccccc1-c1ccccc1Nc1ccccc1)/C(=C\CC)c1cc(Cl)cc(N(c2ccccc2)c2ccc(-c3ccccc3)cc2)c1. The predicted molar refractivity (Wildman–Crippen MR) is 226 cm³/mol. The van der Waals surface area contributed by atoms with Crippen molar-refractivity contribution in [2.75, 3.05) is 10.2 Å². The highest BCUT2D eigenvalue weighted by Crippen LogP contribution is 2.44. The van der Waals surface area contributed by atoms with Crippen molar-refractivity contribution in [2.24, 2.45) is 0 Å². The number of hydrogen-bond acceptors (Lipinski definition) is 3. The first kappa shape index (κ1) is 34.7. The van der Waals surface area contributed by atoms with Gasteiger partial charge in [0.2, 0.25) is 0 Å². The Balaban J connectivity index is 1.23. The van der Waals surface area contributed by atoms with Gasteiger partial charge < -0.3 is 10.2 Å². The second-order valence-corrected chi connectivity index (χ2v) is 13.9. The molecule has 7 aromatic carbocycles. The number of thioether (sulfide) groups is 1. The smallest absolute Gasteiger partial charge is 0.0482 e. The van der Waals surface area contributed by atoms with Crippen molar-refractivity contribution in [2.45, 2.75) is 18.2 Å². The van der Waals surface area contributed by atoms with E-state index >= 15 is 0 Å². The van der Waals surface area contributed by atoms with Crippen LogP contribution < -0.4 is 10.2 Å². The van der Waals surface area contributed by atoms with Crippen LogP contribution in [0.5, 0.6) is 0 Å². The zero-order valence-corrected chi connectivity index (χ0v) is 30.6. The number of rotatable bonds is 12. The van der Waals surface area contributed by atoms with Gasteiger partial charge in [-0.2, -0.15) is 0 Å². The molecule has 0 aliphatic carbocycles. The lowest BCUT2D eigenvalue weighted by Crippen LogP contribution is -2.10. The van der Waals surface area contributed by atoms with Crippen molar-refractivity contribution in [3.8, 4) is 22.3 Å². The lowest BCUT2D eigenvalue weighted by Gasteiger charge is -2.27. The van der Waals surface area contributed by atoms with E-state index in [0.29, 0.717) is 5.02 Å². The van der Waals surface area contributed by atoms with Gasteiger partial charge in [-0.3, -0.25) is 0 Å². The summed E-state index contributed by atoms with van der Waals surface area (Å²) < 4.78 is 0. The fourth-order valence-electron chi connectivity index (χ4n) is 6.38. The van der Waals surface area contributed by atoms with Gasteiger partial charge in [0, 0.05) is 48.8 Å². The zero-order valence-electron chi connectivity index (χ0n) is 29.0. The van der Waals surface area contributed by atoms with Crippen molar-refractivity contribution in [1.82, 2.24) is 0 Å². The number of nitrogens with one attached hydrogen (secondary N) is 1. The molecule has 7 rings (SSSR count).